The van der Waals surface area contributed by atoms with Gasteiger partial charge in [-0.15, -0.1) is 0 Å². The van der Waals surface area contributed by atoms with Crippen molar-refractivity contribution in [2.24, 2.45) is 5.10 Å². The maximum atomic E-state index is 12.7. The molecule has 1 aromatic carbocycles. The van der Waals surface area contributed by atoms with Crippen molar-refractivity contribution in [1.29, 1.82) is 0 Å². The van der Waals surface area contributed by atoms with Gasteiger partial charge in [0.25, 0.3) is 5.91 Å². The number of benzene rings is 1. The Bertz CT molecular complexity index is 628. The number of nitrogens with zero attached hydrogens (tertiary/aromatic N) is 1. The molecule has 0 fully saturated rings. The van der Waals surface area contributed by atoms with E-state index in [1.807, 2.05) is 0 Å². The third kappa shape index (κ3) is 3.91. The van der Waals surface area contributed by atoms with Crippen molar-refractivity contribution in [1.82, 2.24) is 5.43 Å². The van der Waals surface area contributed by atoms with Gasteiger partial charge in [-0.1, -0.05) is 0 Å². The van der Waals surface area contributed by atoms with E-state index in [0.29, 0.717) is 17.0 Å². The highest BCUT2D eigenvalue weighted by Gasteiger charge is 2.03. The molecule has 20 heavy (non-hydrogen) atoms. The summed E-state index contributed by atoms with van der Waals surface area (Å²) in [5.74, 6) is -0.0808. The molecule has 1 aromatic heterocycles. The number of rotatable bonds is 4. The van der Waals surface area contributed by atoms with Crippen LogP contribution < -0.4 is 5.43 Å². The lowest BCUT2D eigenvalue weighted by Crippen LogP contribution is -2.18. The van der Waals surface area contributed by atoms with Crippen molar-refractivity contribution in [2.75, 3.05) is 0 Å². The van der Waals surface area contributed by atoms with Crippen molar-refractivity contribution in [3.05, 3.63) is 65.9 Å². The van der Waals surface area contributed by atoms with E-state index in [-0.39, 0.29) is 5.82 Å². The molecular weight excluding hydrogens is 259 g/mol. The number of allylic oxidation sites excluding steroid dienone is 1. The molecular formula is C15H13FN2O2. The van der Waals surface area contributed by atoms with Gasteiger partial charge in [0.05, 0.1) is 12.0 Å². The standard InChI is InChI=1S/C15H13FN2O2/c1-11(4-9-14-3-2-10-20-14)17-18-15(19)12-5-7-13(16)8-6-12/h2-10H,1H3,(H,18,19)/b9-4+,17-11-. The van der Waals surface area contributed by atoms with E-state index in [1.54, 1.807) is 37.5 Å². The Kier molecular flexibility index (Phi) is 4.44. The summed E-state index contributed by atoms with van der Waals surface area (Å²) in [5.41, 5.74) is 3.35. The monoisotopic (exact) mass is 272 g/mol. The normalized spacial score (nSPS) is 11.8. The van der Waals surface area contributed by atoms with Crippen LogP contribution in [0, 0.1) is 5.82 Å². The molecule has 0 aliphatic carbocycles. The Balaban J connectivity index is 1.94. The molecule has 0 aliphatic heterocycles. The minimum Gasteiger partial charge on any atom is -0.465 e. The van der Waals surface area contributed by atoms with Gasteiger partial charge < -0.3 is 4.42 Å². The molecule has 102 valence electrons. The van der Waals surface area contributed by atoms with Crippen molar-refractivity contribution in [3.63, 3.8) is 0 Å². The van der Waals surface area contributed by atoms with Crippen LogP contribution >= 0.6 is 0 Å². The molecule has 0 radical (unpaired) electrons. The van der Waals surface area contributed by atoms with Crippen LogP contribution in [0.3, 0.4) is 0 Å². The van der Waals surface area contributed by atoms with Crippen LogP contribution in [0.1, 0.15) is 23.0 Å². The zero-order valence-electron chi connectivity index (χ0n) is 10.8. The van der Waals surface area contributed by atoms with Crippen LogP contribution in [-0.4, -0.2) is 11.6 Å². The quantitative estimate of drug-likeness (QED) is 0.686. The van der Waals surface area contributed by atoms with Gasteiger partial charge in [-0.05, 0) is 55.5 Å². The topological polar surface area (TPSA) is 54.6 Å². The number of carbonyl (C=O) groups is 1. The highest BCUT2D eigenvalue weighted by Crippen LogP contribution is 2.03. The fourth-order valence-electron chi connectivity index (χ4n) is 1.43. The van der Waals surface area contributed by atoms with Gasteiger partial charge in [0, 0.05) is 5.56 Å². The number of halogens is 1. The lowest BCUT2D eigenvalue weighted by Gasteiger charge is -2.00. The summed E-state index contributed by atoms with van der Waals surface area (Å²) in [6.45, 7) is 1.74. The van der Waals surface area contributed by atoms with E-state index in [1.165, 1.54) is 24.3 Å². The second-order valence-electron chi connectivity index (χ2n) is 4.05. The minimum absolute atomic E-state index is 0.345. The number of carbonyl (C=O) groups excluding carboxylic acids is 1. The van der Waals surface area contributed by atoms with Crippen LogP contribution in [-0.2, 0) is 0 Å². The third-order valence-electron chi connectivity index (χ3n) is 2.47. The minimum atomic E-state index is -0.393. The molecule has 1 heterocycles. The summed E-state index contributed by atoms with van der Waals surface area (Å²) in [7, 11) is 0. The summed E-state index contributed by atoms with van der Waals surface area (Å²) in [6.07, 6.45) is 5.02. The Morgan fingerprint density at radius 2 is 2.05 bits per heavy atom. The smallest absolute Gasteiger partial charge is 0.271 e. The molecule has 1 N–H and O–H groups in total. The van der Waals surface area contributed by atoms with Gasteiger partial charge in [0.1, 0.15) is 11.6 Å². The largest absolute Gasteiger partial charge is 0.465 e. The number of nitrogens with one attached hydrogen (secondary N) is 1. The number of furan rings is 1. The second kappa shape index (κ2) is 6.47. The Morgan fingerprint density at radius 1 is 1.30 bits per heavy atom. The molecule has 5 heteroatoms. The van der Waals surface area contributed by atoms with Crippen LogP contribution in [0.2, 0.25) is 0 Å². The Labute approximate surface area is 115 Å². The van der Waals surface area contributed by atoms with Gasteiger partial charge in [-0.25, -0.2) is 9.82 Å². The van der Waals surface area contributed by atoms with Crippen molar-refractivity contribution in [2.45, 2.75) is 6.92 Å². The summed E-state index contributed by atoms with van der Waals surface area (Å²) < 4.78 is 17.8. The van der Waals surface area contributed by atoms with Crippen molar-refractivity contribution >= 4 is 17.7 Å². The number of hydrogen-bond acceptors (Lipinski definition) is 3. The number of hydrogen-bond donors (Lipinski definition) is 1. The van der Waals surface area contributed by atoms with Crippen molar-refractivity contribution < 1.29 is 13.6 Å². The van der Waals surface area contributed by atoms with Crippen LogP contribution in [0.15, 0.2) is 58.3 Å². The second-order valence-corrected chi connectivity index (χ2v) is 4.05. The first-order valence-electron chi connectivity index (χ1n) is 5.97. The molecule has 2 aromatic rings. The van der Waals surface area contributed by atoms with Crippen LogP contribution in [0.4, 0.5) is 4.39 Å². The zero-order valence-corrected chi connectivity index (χ0v) is 10.8. The highest BCUT2D eigenvalue weighted by atomic mass is 19.1. The van der Waals surface area contributed by atoms with Gasteiger partial charge >= 0.3 is 0 Å². The van der Waals surface area contributed by atoms with E-state index in [0.717, 1.165) is 0 Å². The van der Waals surface area contributed by atoms with Crippen LogP contribution in [0.5, 0.6) is 0 Å². The number of amides is 1. The first-order valence-corrected chi connectivity index (χ1v) is 5.97. The fraction of sp³-hybridized carbons (Fsp3) is 0.0667. The Morgan fingerprint density at radius 3 is 2.70 bits per heavy atom. The summed E-state index contributed by atoms with van der Waals surface area (Å²) in [4.78, 5) is 11.7. The maximum Gasteiger partial charge on any atom is 0.271 e. The maximum absolute atomic E-state index is 12.7. The number of hydrazone groups is 1. The molecule has 0 aliphatic rings. The van der Waals surface area contributed by atoms with E-state index < -0.39 is 5.91 Å². The van der Waals surface area contributed by atoms with Crippen LogP contribution in [0.25, 0.3) is 6.08 Å². The summed E-state index contributed by atoms with van der Waals surface area (Å²) >= 11 is 0. The average molecular weight is 272 g/mol. The van der Waals surface area contributed by atoms with E-state index in [2.05, 4.69) is 10.5 Å². The first-order chi connectivity index (χ1) is 9.65. The van der Waals surface area contributed by atoms with Crippen molar-refractivity contribution in [3.8, 4) is 0 Å². The molecule has 0 spiro atoms. The van der Waals surface area contributed by atoms with Gasteiger partial charge in [-0.2, -0.15) is 5.10 Å². The van der Waals surface area contributed by atoms with Gasteiger partial charge in [0.15, 0.2) is 0 Å². The summed E-state index contributed by atoms with van der Waals surface area (Å²) in [5, 5.41) is 3.92. The van der Waals surface area contributed by atoms with Gasteiger partial charge in [-0.3, -0.25) is 4.79 Å². The Hall–Kier alpha value is -2.69. The molecule has 0 bridgehead atoms. The molecule has 0 saturated heterocycles. The summed E-state index contributed by atoms with van der Waals surface area (Å²) in [6, 6.07) is 8.83. The molecule has 2 rings (SSSR count). The van der Waals surface area contributed by atoms with E-state index >= 15 is 0 Å². The third-order valence-corrected chi connectivity index (χ3v) is 2.47. The lowest BCUT2D eigenvalue weighted by molar-refractivity contribution is 0.0955. The van der Waals surface area contributed by atoms with E-state index in [9.17, 15) is 9.18 Å². The van der Waals surface area contributed by atoms with Gasteiger partial charge in [0.2, 0.25) is 0 Å². The lowest BCUT2D eigenvalue weighted by atomic mass is 10.2. The highest BCUT2D eigenvalue weighted by molar-refractivity contribution is 5.99. The molecule has 0 saturated carbocycles. The SMILES string of the molecule is CC(/C=C/c1ccco1)=N/NC(=O)c1ccc(F)cc1. The molecule has 0 atom stereocenters. The predicted molar refractivity (Wildman–Crippen MR) is 74.7 cm³/mol. The molecule has 4 nitrogen and oxygen atoms in total. The van der Waals surface area contributed by atoms with E-state index in [4.69, 9.17) is 4.42 Å². The first kappa shape index (κ1) is 13.7. The fourth-order valence-corrected chi connectivity index (χ4v) is 1.43. The zero-order chi connectivity index (χ0) is 14.4. The molecule has 0 unspecified atom stereocenters. The average Bonchev–Trinajstić information content (AvgIpc) is 2.96. The predicted octanol–water partition coefficient (Wildman–Crippen LogP) is 3.24. The molecule has 1 amide bonds.